The number of aromatic amines is 1. The molecule has 0 aliphatic rings. The van der Waals surface area contributed by atoms with Crippen LogP contribution in [0.2, 0.25) is 0 Å². The molecule has 0 spiro atoms. The van der Waals surface area contributed by atoms with Crippen molar-refractivity contribution in [3.8, 4) is 11.3 Å². The maximum absolute atomic E-state index is 14.2. The van der Waals surface area contributed by atoms with Crippen molar-refractivity contribution < 1.29 is 9.18 Å². The molecule has 3 aromatic rings. The number of benzene rings is 2. The molecule has 0 aliphatic heterocycles. The number of carbonyl (C=O) groups excluding carboxylic acids is 1. The average molecular weight is 380 g/mol. The van der Waals surface area contributed by atoms with Crippen LogP contribution in [0.3, 0.4) is 0 Å². The van der Waals surface area contributed by atoms with Gasteiger partial charge in [0.25, 0.3) is 11.5 Å². The number of aromatic nitrogens is 2. The molecule has 1 heterocycles. The molecule has 0 atom stereocenters. The van der Waals surface area contributed by atoms with E-state index in [9.17, 15) is 14.0 Å². The first-order valence-corrected chi connectivity index (χ1v) is 8.72. The summed E-state index contributed by atoms with van der Waals surface area (Å²) < 4.78 is 14.2. The number of nitrogens with two attached hydrogens (primary N) is 1. The van der Waals surface area contributed by atoms with Gasteiger partial charge in [-0.05, 0) is 47.4 Å². The van der Waals surface area contributed by atoms with E-state index in [0.29, 0.717) is 16.8 Å². The maximum Gasteiger partial charge on any atom is 0.287 e. The van der Waals surface area contributed by atoms with Crippen molar-refractivity contribution in [3.63, 3.8) is 0 Å². The third kappa shape index (κ3) is 4.09. The molecule has 0 radical (unpaired) electrons. The van der Waals surface area contributed by atoms with Crippen molar-refractivity contribution in [2.45, 2.75) is 26.2 Å². The number of H-pyrrole nitrogens is 1. The van der Waals surface area contributed by atoms with Crippen molar-refractivity contribution in [2.75, 3.05) is 11.1 Å². The van der Waals surface area contributed by atoms with Gasteiger partial charge in [0.2, 0.25) is 0 Å². The molecule has 0 aliphatic carbocycles. The molecular weight excluding hydrogens is 359 g/mol. The Hall–Kier alpha value is -3.48. The monoisotopic (exact) mass is 380 g/mol. The van der Waals surface area contributed by atoms with Crippen LogP contribution in [0.25, 0.3) is 11.3 Å². The van der Waals surface area contributed by atoms with Gasteiger partial charge in [0.05, 0.1) is 11.4 Å². The van der Waals surface area contributed by atoms with Gasteiger partial charge in [0.15, 0.2) is 0 Å². The molecular formula is C21H21FN4O2. The van der Waals surface area contributed by atoms with Crippen molar-refractivity contribution in [2.24, 2.45) is 0 Å². The fraction of sp³-hybridized carbons (Fsp3) is 0.190. The van der Waals surface area contributed by atoms with E-state index in [1.54, 1.807) is 12.1 Å². The Balaban J connectivity index is 1.86. The molecule has 0 saturated heterocycles. The summed E-state index contributed by atoms with van der Waals surface area (Å²) in [5, 5.41) is 8.75. The van der Waals surface area contributed by atoms with Crippen molar-refractivity contribution in [1.29, 1.82) is 0 Å². The highest BCUT2D eigenvalue weighted by Gasteiger charge is 2.15. The summed E-state index contributed by atoms with van der Waals surface area (Å²) in [6.07, 6.45) is 0. The van der Waals surface area contributed by atoms with Gasteiger partial charge in [-0.25, -0.2) is 9.49 Å². The molecule has 0 bridgehead atoms. The second-order valence-corrected chi connectivity index (χ2v) is 7.51. The fourth-order valence-corrected chi connectivity index (χ4v) is 2.67. The molecule has 7 heteroatoms. The Morgan fingerprint density at radius 3 is 2.39 bits per heavy atom. The number of halogens is 1. The van der Waals surface area contributed by atoms with Gasteiger partial charge in [-0.2, -0.15) is 5.10 Å². The predicted octanol–water partition coefficient (Wildman–Crippen LogP) is 3.71. The van der Waals surface area contributed by atoms with Crippen molar-refractivity contribution in [1.82, 2.24) is 10.2 Å². The summed E-state index contributed by atoms with van der Waals surface area (Å²) in [6, 6.07) is 12.7. The quantitative estimate of drug-likeness (QED) is 0.645. The van der Waals surface area contributed by atoms with E-state index in [-0.39, 0.29) is 16.8 Å². The fourth-order valence-electron chi connectivity index (χ4n) is 2.67. The third-order valence-corrected chi connectivity index (χ3v) is 4.36. The minimum Gasteiger partial charge on any atom is -0.394 e. The molecule has 0 saturated carbocycles. The van der Waals surface area contributed by atoms with Gasteiger partial charge in [-0.1, -0.05) is 32.9 Å². The van der Waals surface area contributed by atoms with Crippen LogP contribution in [0, 0.1) is 5.82 Å². The number of nitrogens with zero attached hydrogens (tertiary/aromatic N) is 1. The Morgan fingerprint density at radius 2 is 1.79 bits per heavy atom. The normalized spacial score (nSPS) is 11.3. The second-order valence-electron chi connectivity index (χ2n) is 7.51. The number of amides is 1. The Bertz CT molecular complexity index is 1080. The standard InChI is InChI=1S/C21H21FN4O2/c1-21(2,3)14-7-4-12(5-8-14)19(27)24-18-10-13(6-9-15(18)22)17-11-16(23)20(28)26-25-17/h4-11H,1-3H3,(H2,23,25)(H,24,27)(H,26,28). The molecule has 6 nitrogen and oxygen atoms in total. The minimum absolute atomic E-state index is 0.00107. The predicted molar refractivity (Wildman–Crippen MR) is 108 cm³/mol. The number of carbonyl (C=O) groups is 1. The molecule has 0 unspecified atom stereocenters. The highest BCUT2D eigenvalue weighted by atomic mass is 19.1. The van der Waals surface area contributed by atoms with Gasteiger partial charge < -0.3 is 11.1 Å². The molecule has 144 valence electrons. The molecule has 1 amide bonds. The molecule has 3 rings (SSSR count). The van der Waals surface area contributed by atoms with Crippen LogP contribution in [0.1, 0.15) is 36.7 Å². The average Bonchev–Trinajstić information content (AvgIpc) is 2.65. The molecule has 2 aromatic carbocycles. The van der Waals surface area contributed by atoms with E-state index >= 15 is 0 Å². The Labute approximate surface area is 161 Å². The lowest BCUT2D eigenvalue weighted by molar-refractivity contribution is 0.102. The summed E-state index contributed by atoms with van der Waals surface area (Å²) in [5.41, 5.74) is 7.46. The van der Waals surface area contributed by atoms with Gasteiger partial charge in [0, 0.05) is 11.1 Å². The topological polar surface area (TPSA) is 101 Å². The maximum atomic E-state index is 14.2. The van der Waals surface area contributed by atoms with E-state index in [4.69, 9.17) is 5.73 Å². The summed E-state index contributed by atoms with van der Waals surface area (Å²) in [6.45, 7) is 6.25. The van der Waals surface area contributed by atoms with Crippen LogP contribution in [-0.2, 0) is 5.41 Å². The number of anilines is 2. The number of hydrogen-bond donors (Lipinski definition) is 3. The van der Waals surface area contributed by atoms with Crippen molar-refractivity contribution >= 4 is 17.3 Å². The van der Waals surface area contributed by atoms with E-state index < -0.39 is 17.3 Å². The summed E-state index contributed by atoms with van der Waals surface area (Å²) in [5.74, 6) is -1.01. The summed E-state index contributed by atoms with van der Waals surface area (Å²) in [4.78, 5) is 23.9. The number of nitrogens with one attached hydrogen (secondary N) is 2. The minimum atomic E-state index is -0.583. The van der Waals surface area contributed by atoms with Gasteiger partial charge >= 0.3 is 0 Å². The first-order chi connectivity index (χ1) is 13.1. The zero-order valence-electron chi connectivity index (χ0n) is 15.8. The lowest BCUT2D eigenvalue weighted by Crippen LogP contribution is -2.15. The van der Waals surface area contributed by atoms with Crippen LogP contribution < -0.4 is 16.6 Å². The van der Waals surface area contributed by atoms with Crippen LogP contribution in [-0.4, -0.2) is 16.1 Å². The van der Waals surface area contributed by atoms with E-state index in [1.807, 2.05) is 12.1 Å². The van der Waals surface area contributed by atoms with E-state index in [0.717, 1.165) is 5.56 Å². The molecule has 0 fully saturated rings. The van der Waals surface area contributed by atoms with Gasteiger partial charge in [0.1, 0.15) is 11.5 Å². The lowest BCUT2D eigenvalue weighted by Gasteiger charge is -2.19. The zero-order valence-corrected chi connectivity index (χ0v) is 15.8. The van der Waals surface area contributed by atoms with Crippen LogP contribution >= 0.6 is 0 Å². The smallest absolute Gasteiger partial charge is 0.287 e. The second kappa shape index (κ2) is 7.26. The summed E-state index contributed by atoms with van der Waals surface area (Å²) in [7, 11) is 0. The van der Waals surface area contributed by atoms with Crippen molar-refractivity contribution in [3.05, 3.63) is 75.8 Å². The van der Waals surface area contributed by atoms with Gasteiger partial charge in [-0.15, -0.1) is 0 Å². The Morgan fingerprint density at radius 1 is 1.11 bits per heavy atom. The molecule has 28 heavy (non-hydrogen) atoms. The SMILES string of the molecule is CC(C)(C)c1ccc(C(=O)Nc2cc(-c3cc(N)c(=O)[nH]n3)ccc2F)cc1. The third-order valence-electron chi connectivity index (χ3n) is 4.36. The number of rotatable bonds is 3. The first-order valence-electron chi connectivity index (χ1n) is 8.72. The van der Waals surface area contributed by atoms with E-state index in [1.165, 1.54) is 24.3 Å². The number of hydrogen-bond acceptors (Lipinski definition) is 4. The lowest BCUT2D eigenvalue weighted by atomic mass is 9.87. The Kier molecular flexibility index (Phi) is 5.00. The summed E-state index contributed by atoms with van der Waals surface area (Å²) >= 11 is 0. The first kappa shape index (κ1) is 19.3. The largest absolute Gasteiger partial charge is 0.394 e. The van der Waals surface area contributed by atoms with Crippen LogP contribution in [0.4, 0.5) is 15.8 Å². The van der Waals surface area contributed by atoms with Crippen LogP contribution in [0.5, 0.6) is 0 Å². The molecule has 4 N–H and O–H groups in total. The highest BCUT2D eigenvalue weighted by molar-refractivity contribution is 6.04. The van der Waals surface area contributed by atoms with E-state index in [2.05, 4.69) is 36.3 Å². The molecule has 1 aromatic heterocycles. The van der Waals surface area contributed by atoms with Crippen LogP contribution in [0.15, 0.2) is 53.3 Å². The zero-order chi connectivity index (χ0) is 20.5. The highest BCUT2D eigenvalue weighted by Crippen LogP contribution is 2.25. The van der Waals surface area contributed by atoms with Gasteiger partial charge in [-0.3, -0.25) is 9.59 Å². The number of nitrogen functional groups attached to an aromatic ring is 1.